The van der Waals surface area contributed by atoms with Crippen LogP contribution in [0.5, 0.6) is 5.75 Å². The van der Waals surface area contributed by atoms with Gasteiger partial charge in [0.2, 0.25) is 0 Å². The number of aromatic nitrogens is 1. The fourth-order valence-electron chi connectivity index (χ4n) is 3.37. The number of benzene rings is 1. The number of aryl methyl sites for hydroxylation is 1. The zero-order valence-corrected chi connectivity index (χ0v) is 14.9. The number of hydrogen-bond donors (Lipinski definition) is 2. The summed E-state index contributed by atoms with van der Waals surface area (Å²) >= 11 is 0. The van der Waals surface area contributed by atoms with Gasteiger partial charge in [-0.15, -0.1) is 0 Å². The van der Waals surface area contributed by atoms with Crippen molar-refractivity contribution in [3.05, 3.63) is 52.3 Å². The van der Waals surface area contributed by atoms with Gasteiger partial charge in [0, 0.05) is 17.7 Å². The highest BCUT2D eigenvalue weighted by atomic mass is 16.5. The minimum Gasteiger partial charge on any atom is -0.494 e. The third-order valence-electron chi connectivity index (χ3n) is 4.70. The zero-order chi connectivity index (χ0) is 18.0. The number of carbonyl (C=O) groups excluding carboxylic acids is 2. The lowest BCUT2D eigenvalue weighted by atomic mass is 9.94. The number of fused-ring (bicyclic) bond motifs is 1. The van der Waals surface area contributed by atoms with E-state index in [9.17, 15) is 9.59 Å². The molecule has 1 heterocycles. The second-order valence-corrected chi connectivity index (χ2v) is 6.45. The molecular weight excluding hydrogens is 316 g/mol. The molecule has 1 aromatic heterocycles. The number of carbonyl (C=O) groups is 2. The molecule has 5 heteroatoms. The third kappa shape index (κ3) is 3.45. The summed E-state index contributed by atoms with van der Waals surface area (Å²) in [5, 5.41) is 3.01. The molecule has 0 saturated heterocycles. The van der Waals surface area contributed by atoms with Gasteiger partial charge in [-0.05, 0) is 56.9 Å². The van der Waals surface area contributed by atoms with E-state index < -0.39 is 0 Å². The number of aromatic amines is 1. The molecule has 1 aliphatic rings. The summed E-state index contributed by atoms with van der Waals surface area (Å²) in [5.74, 6) is 0.769. The molecule has 5 nitrogen and oxygen atoms in total. The van der Waals surface area contributed by atoms with Crippen LogP contribution in [0, 0.1) is 6.92 Å². The zero-order valence-electron chi connectivity index (χ0n) is 14.9. The lowest BCUT2D eigenvalue weighted by Crippen LogP contribution is -2.27. The largest absolute Gasteiger partial charge is 0.494 e. The van der Waals surface area contributed by atoms with Crippen LogP contribution in [0.15, 0.2) is 24.3 Å². The second kappa shape index (κ2) is 7.13. The number of H-pyrrole nitrogens is 1. The molecule has 0 aliphatic heterocycles. The average molecular weight is 340 g/mol. The van der Waals surface area contributed by atoms with E-state index in [0.29, 0.717) is 24.3 Å². The monoisotopic (exact) mass is 340 g/mol. The average Bonchev–Trinajstić information content (AvgIpc) is 2.94. The van der Waals surface area contributed by atoms with E-state index in [2.05, 4.69) is 10.3 Å². The van der Waals surface area contributed by atoms with Crippen molar-refractivity contribution in [2.75, 3.05) is 6.61 Å². The normalized spacial score (nSPS) is 14.8. The minimum absolute atomic E-state index is 0.133. The Morgan fingerprint density at radius 1 is 1.28 bits per heavy atom. The molecule has 0 spiro atoms. The Balaban J connectivity index is 1.75. The van der Waals surface area contributed by atoms with Crippen LogP contribution in [0.2, 0.25) is 0 Å². The van der Waals surface area contributed by atoms with E-state index in [1.807, 2.05) is 45.0 Å². The van der Waals surface area contributed by atoms with Gasteiger partial charge < -0.3 is 15.0 Å². The lowest BCUT2D eigenvalue weighted by Gasteiger charge is -2.15. The number of nitrogens with one attached hydrogen (secondary N) is 2. The molecule has 1 aliphatic carbocycles. The molecule has 0 radical (unpaired) electrons. The van der Waals surface area contributed by atoms with Crippen molar-refractivity contribution in [1.82, 2.24) is 10.3 Å². The predicted molar refractivity (Wildman–Crippen MR) is 96.3 cm³/mol. The van der Waals surface area contributed by atoms with Gasteiger partial charge >= 0.3 is 0 Å². The van der Waals surface area contributed by atoms with Crippen molar-refractivity contribution in [2.24, 2.45) is 0 Å². The van der Waals surface area contributed by atoms with E-state index in [4.69, 9.17) is 4.74 Å². The first-order valence-electron chi connectivity index (χ1n) is 8.79. The van der Waals surface area contributed by atoms with Gasteiger partial charge in [0.05, 0.1) is 12.6 Å². The first kappa shape index (κ1) is 17.3. The number of amides is 1. The molecule has 2 N–H and O–H groups in total. The maximum absolute atomic E-state index is 12.7. The highest BCUT2D eigenvalue weighted by Crippen LogP contribution is 2.27. The molecule has 0 saturated carbocycles. The van der Waals surface area contributed by atoms with Gasteiger partial charge in [0.1, 0.15) is 11.4 Å². The van der Waals surface area contributed by atoms with Crippen LogP contribution in [-0.2, 0) is 6.42 Å². The minimum atomic E-state index is -0.180. The molecular formula is C20H24N2O3. The van der Waals surface area contributed by atoms with Gasteiger partial charge in [-0.3, -0.25) is 9.59 Å². The summed E-state index contributed by atoms with van der Waals surface area (Å²) in [6, 6.07) is 7.56. The Hall–Kier alpha value is -2.56. The van der Waals surface area contributed by atoms with Crippen LogP contribution < -0.4 is 10.1 Å². The van der Waals surface area contributed by atoms with Gasteiger partial charge in [-0.2, -0.15) is 0 Å². The standard InChI is InChI=1S/C20H24N2O3/c1-4-25-15-10-8-14(9-11-15)13(3)21-20(24)19-12(2)18-16(22-19)6-5-7-17(18)23/h8-11,13,22H,4-7H2,1-3H3,(H,21,24). The SMILES string of the molecule is CCOc1ccc(C(C)NC(=O)c2[nH]c3c(c2C)C(=O)CCC3)cc1. The Kier molecular flexibility index (Phi) is 4.93. The molecule has 1 amide bonds. The molecule has 0 bridgehead atoms. The maximum Gasteiger partial charge on any atom is 0.268 e. The van der Waals surface area contributed by atoms with Gasteiger partial charge in [0.15, 0.2) is 5.78 Å². The van der Waals surface area contributed by atoms with Crippen LogP contribution in [0.25, 0.3) is 0 Å². The van der Waals surface area contributed by atoms with Crippen molar-refractivity contribution >= 4 is 11.7 Å². The quantitative estimate of drug-likeness (QED) is 0.871. The summed E-state index contributed by atoms with van der Waals surface area (Å²) in [4.78, 5) is 27.9. The fourth-order valence-corrected chi connectivity index (χ4v) is 3.37. The van der Waals surface area contributed by atoms with Crippen LogP contribution in [0.4, 0.5) is 0 Å². The van der Waals surface area contributed by atoms with Crippen molar-refractivity contribution in [3.63, 3.8) is 0 Å². The highest BCUT2D eigenvalue weighted by Gasteiger charge is 2.26. The molecule has 25 heavy (non-hydrogen) atoms. The molecule has 1 unspecified atom stereocenters. The van der Waals surface area contributed by atoms with Crippen molar-refractivity contribution in [3.8, 4) is 5.75 Å². The van der Waals surface area contributed by atoms with E-state index in [0.717, 1.165) is 35.4 Å². The van der Waals surface area contributed by atoms with Crippen LogP contribution in [-0.4, -0.2) is 23.3 Å². The Labute approximate surface area is 147 Å². The smallest absolute Gasteiger partial charge is 0.268 e. The fraction of sp³-hybridized carbons (Fsp3) is 0.400. The molecule has 1 atom stereocenters. The molecule has 132 valence electrons. The molecule has 3 rings (SSSR count). The summed E-state index contributed by atoms with van der Waals surface area (Å²) in [6.07, 6.45) is 2.23. The van der Waals surface area contributed by atoms with Crippen LogP contribution >= 0.6 is 0 Å². The summed E-state index contributed by atoms with van der Waals surface area (Å²) in [7, 11) is 0. The number of rotatable bonds is 5. The molecule has 2 aromatic rings. The highest BCUT2D eigenvalue weighted by molar-refractivity contribution is 6.04. The topological polar surface area (TPSA) is 71.2 Å². The van der Waals surface area contributed by atoms with Gasteiger partial charge in [-0.1, -0.05) is 12.1 Å². The Morgan fingerprint density at radius 2 is 2.00 bits per heavy atom. The second-order valence-electron chi connectivity index (χ2n) is 6.45. The number of ketones is 1. The van der Waals surface area contributed by atoms with E-state index >= 15 is 0 Å². The van der Waals surface area contributed by atoms with Crippen LogP contribution in [0.3, 0.4) is 0 Å². The first-order valence-corrected chi connectivity index (χ1v) is 8.79. The van der Waals surface area contributed by atoms with Gasteiger partial charge in [0.25, 0.3) is 5.91 Å². The van der Waals surface area contributed by atoms with Crippen molar-refractivity contribution in [2.45, 2.75) is 46.1 Å². The van der Waals surface area contributed by atoms with Crippen molar-refractivity contribution in [1.29, 1.82) is 0 Å². The van der Waals surface area contributed by atoms with Crippen LogP contribution in [0.1, 0.15) is 70.4 Å². The lowest BCUT2D eigenvalue weighted by molar-refractivity contribution is 0.0934. The Morgan fingerprint density at radius 3 is 2.64 bits per heavy atom. The van der Waals surface area contributed by atoms with Gasteiger partial charge in [-0.25, -0.2) is 0 Å². The Bertz CT molecular complexity index is 790. The molecule has 1 aromatic carbocycles. The maximum atomic E-state index is 12.7. The third-order valence-corrected chi connectivity index (χ3v) is 4.70. The van der Waals surface area contributed by atoms with E-state index in [-0.39, 0.29) is 17.7 Å². The number of ether oxygens (including phenoxy) is 1. The first-order chi connectivity index (χ1) is 12.0. The number of Topliss-reactive ketones (excluding diaryl/α,β-unsaturated/α-hetero) is 1. The summed E-state index contributed by atoms with van der Waals surface area (Å²) in [5.41, 5.74) is 3.87. The molecule has 0 fully saturated rings. The number of hydrogen-bond acceptors (Lipinski definition) is 3. The van der Waals surface area contributed by atoms with Crippen molar-refractivity contribution < 1.29 is 14.3 Å². The van der Waals surface area contributed by atoms with E-state index in [1.165, 1.54) is 0 Å². The summed E-state index contributed by atoms with van der Waals surface area (Å²) < 4.78 is 5.44. The predicted octanol–water partition coefficient (Wildman–Crippen LogP) is 3.73. The van der Waals surface area contributed by atoms with E-state index in [1.54, 1.807) is 0 Å². The summed E-state index contributed by atoms with van der Waals surface area (Å²) in [6.45, 7) is 6.35.